The number of rotatable bonds is 2. The van der Waals surface area contributed by atoms with Crippen molar-refractivity contribution in [1.82, 2.24) is 4.90 Å². The fourth-order valence-corrected chi connectivity index (χ4v) is 3.90. The van der Waals surface area contributed by atoms with Crippen molar-refractivity contribution in [2.45, 2.75) is 50.8 Å². The Hall–Kier alpha value is -0.930. The number of halogens is 1. The van der Waals surface area contributed by atoms with Crippen molar-refractivity contribution in [2.24, 2.45) is 5.92 Å². The molecule has 2 saturated heterocycles. The summed E-state index contributed by atoms with van der Waals surface area (Å²) in [6.45, 7) is 1.95. The molecule has 2 heterocycles. The Bertz CT molecular complexity index is 462. The Balaban J connectivity index is 1.81. The third-order valence-electron chi connectivity index (χ3n) is 5.14. The zero-order valence-corrected chi connectivity index (χ0v) is 11.6. The SMILES string of the molecule is Cc1ccc(F)cc1C(O)C1CC2CCC(C1)N2C. The van der Waals surface area contributed by atoms with Gasteiger partial charge in [-0.2, -0.15) is 0 Å². The molecule has 0 radical (unpaired) electrons. The van der Waals surface area contributed by atoms with Gasteiger partial charge in [0.05, 0.1) is 6.10 Å². The van der Waals surface area contributed by atoms with Crippen molar-refractivity contribution in [3.05, 3.63) is 35.1 Å². The zero-order chi connectivity index (χ0) is 13.6. The van der Waals surface area contributed by atoms with Crippen molar-refractivity contribution < 1.29 is 9.50 Å². The molecule has 3 atom stereocenters. The highest BCUT2D eigenvalue weighted by atomic mass is 19.1. The molecule has 2 fully saturated rings. The maximum Gasteiger partial charge on any atom is 0.123 e. The van der Waals surface area contributed by atoms with Gasteiger partial charge in [-0.15, -0.1) is 0 Å². The summed E-state index contributed by atoms with van der Waals surface area (Å²) in [5.74, 6) is 0.0183. The molecule has 0 saturated carbocycles. The van der Waals surface area contributed by atoms with Gasteiger partial charge in [0.15, 0.2) is 0 Å². The maximum atomic E-state index is 13.4. The van der Waals surface area contributed by atoms with E-state index in [0.717, 1.165) is 24.0 Å². The predicted molar refractivity (Wildman–Crippen MR) is 73.4 cm³/mol. The fourth-order valence-electron chi connectivity index (χ4n) is 3.90. The van der Waals surface area contributed by atoms with Crippen molar-refractivity contribution in [1.29, 1.82) is 0 Å². The molecule has 0 aliphatic carbocycles. The lowest BCUT2D eigenvalue weighted by Gasteiger charge is -2.38. The second kappa shape index (κ2) is 4.88. The van der Waals surface area contributed by atoms with E-state index in [2.05, 4.69) is 11.9 Å². The molecule has 1 aromatic carbocycles. The number of aliphatic hydroxyl groups is 1. The number of hydrogen-bond donors (Lipinski definition) is 1. The van der Waals surface area contributed by atoms with E-state index < -0.39 is 6.10 Å². The van der Waals surface area contributed by atoms with E-state index in [0.29, 0.717) is 12.1 Å². The van der Waals surface area contributed by atoms with Gasteiger partial charge in [0.1, 0.15) is 5.82 Å². The average Bonchev–Trinajstić information content (AvgIpc) is 2.64. The molecule has 0 spiro atoms. The van der Waals surface area contributed by atoms with E-state index in [4.69, 9.17) is 0 Å². The van der Waals surface area contributed by atoms with Crippen LogP contribution in [0.4, 0.5) is 4.39 Å². The van der Waals surface area contributed by atoms with E-state index in [-0.39, 0.29) is 11.7 Å². The van der Waals surface area contributed by atoms with Crippen LogP contribution in [0.3, 0.4) is 0 Å². The topological polar surface area (TPSA) is 23.5 Å². The van der Waals surface area contributed by atoms with Gasteiger partial charge >= 0.3 is 0 Å². The molecule has 2 aliphatic rings. The van der Waals surface area contributed by atoms with Crippen LogP contribution in [0.15, 0.2) is 18.2 Å². The molecular weight excluding hydrogens is 241 g/mol. The van der Waals surface area contributed by atoms with Crippen molar-refractivity contribution in [3.63, 3.8) is 0 Å². The second-order valence-electron chi connectivity index (χ2n) is 6.23. The van der Waals surface area contributed by atoms with Crippen LogP contribution in [-0.4, -0.2) is 29.1 Å². The Kier molecular flexibility index (Phi) is 3.35. The van der Waals surface area contributed by atoms with Crippen LogP contribution < -0.4 is 0 Å². The summed E-state index contributed by atoms with van der Waals surface area (Å²) in [5.41, 5.74) is 1.76. The van der Waals surface area contributed by atoms with Crippen LogP contribution in [0.2, 0.25) is 0 Å². The van der Waals surface area contributed by atoms with E-state index in [1.807, 2.05) is 6.92 Å². The summed E-state index contributed by atoms with van der Waals surface area (Å²) in [5, 5.41) is 10.6. The smallest absolute Gasteiger partial charge is 0.123 e. The third-order valence-corrected chi connectivity index (χ3v) is 5.14. The number of nitrogens with zero attached hydrogens (tertiary/aromatic N) is 1. The quantitative estimate of drug-likeness (QED) is 0.886. The van der Waals surface area contributed by atoms with Crippen LogP contribution in [0.25, 0.3) is 0 Å². The first kappa shape index (κ1) is 13.1. The molecule has 2 bridgehead atoms. The van der Waals surface area contributed by atoms with Crippen molar-refractivity contribution >= 4 is 0 Å². The molecule has 1 N–H and O–H groups in total. The summed E-state index contributed by atoms with van der Waals surface area (Å²) in [6, 6.07) is 5.93. The second-order valence-corrected chi connectivity index (χ2v) is 6.23. The summed E-state index contributed by atoms with van der Waals surface area (Å²) in [6.07, 6.45) is 4.03. The van der Waals surface area contributed by atoms with Gasteiger partial charge in [-0.3, -0.25) is 0 Å². The average molecular weight is 263 g/mol. The predicted octanol–water partition coefficient (Wildman–Crippen LogP) is 3.04. The molecule has 19 heavy (non-hydrogen) atoms. The summed E-state index contributed by atoms with van der Waals surface area (Å²) in [7, 11) is 2.19. The lowest BCUT2D eigenvalue weighted by molar-refractivity contribution is 0.0351. The minimum atomic E-state index is -0.521. The van der Waals surface area contributed by atoms with Gasteiger partial charge in [0.25, 0.3) is 0 Å². The lowest BCUT2D eigenvalue weighted by Crippen LogP contribution is -2.41. The van der Waals surface area contributed by atoms with Gasteiger partial charge in [-0.05, 0) is 68.8 Å². The number of fused-ring (bicyclic) bond motifs is 2. The molecule has 3 rings (SSSR count). The first-order chi connectivity index (χ1) is 9.06. The molecule has 2 aliphatic heterocycles. The van der Waals surface area contributed by atoms with E-state index in [1.165, 1.54) is 25.0 Å². The Morgan fingerprint density at radius 3 is 2.53 bits per heavy atom. The summed E-state index contributed by atoms with van der Waals surface area (Å²) in [4.78, 5) is 2.46. The van der Waals surface area contributed by atoms with Gasteiger partial charge in [-0.1, -0.05) is 6.07 Å². The molecule has 3 unspecified atom stereocenters. The molecule has 1 aromatic rings. The van der Waals surface area contributed by atoms with Crippen molar-refractivity contribution in [2.75, 3.05) is 7.05 Å². The molecule has 104 valence electrons. The highest BCUT2D eigenvalue weighted by Gasteiger charge is 2.41. The first-order valence-corrected chi connectivity index (χ1v) is 7.22. The highest BCUT2D eigenvalue weighted by Crippen LogP contribution is 2.42. The van der Waals surface area contributed by atoms with Crippen LogP contribution in [0.1, 0.15) is 42.9 Å². The van der Waals surface area contributed by atoms with Crippen LogP contribution in [0.5, 0.6) is 0 Å². The minimum absolute atomic E-state index is 0.254. The van der Waals surface area contributed by atoms with Crippen LogP contribution in [0, 0.1) is 18.7 Å². The molecule has 0 aromatic heterocycles. The standard InChI is InChI=1S/C16H22FNO/c1-10-3-4-12(17)9-15(10)16(19)11-7-13-5-6-14(8-11)18(13)2/h3-4,9,11,13-14,16,19H,5-8H2,1-2H3. The van der Waals surface area contributed by atoms with E-state index in [9.17, 15) is 9.50 Å². The Labute approximate surface area is 114 Å². The minimum Gasteiger partial charge on any atom is -0.388 e. The van der Waals surface area contributed by atoms with Gasteiger partial charge in [0.2, 0.25) is 0 Å². The zero-order valence-electron chi connectivity index (χ0n) is 11.6. The molecular formula is C16H22FNO. The molecule has 0 amide bonds. The third kappa shape index (κ3) is 2.30. The number of hydrogen-bond acceptors (Lipinski definition) is 2. The number of piperidine rings is 1. The highest BCUT2D eigenvalue weighted by molar-refractivity contribution is 5.29. The van der Waals surface area contributed by atoms with Crippen molar-refractivity contribution in [3.8, 4) is 0 Å². The van der Waals surface area contributed by atoms with E-state index >= 15 is 0 Å². The van der Waals surface area contributed by atoms with Gasteiger partial charge in [0, 0.05) is 12.1 Å². The molecule has 2 nitrogen and oxygen atoms in total. The monoisotopic (exact) mass is 263 g/mol. The van der Waals surface area contributed by atoms with E-state index in [1.54, 1.807) is 6.07 Å². The summed E-state index contributed by atoms with van der Waals surface area (Å²) >= 11 is 0. The largest absolute Gasteiger partial charge is 0.388 e. The number of benzene rings is 1. The Morgan fingerprint density at radius 2 is 1.89 bits per heavy atom. The normalized spacial score (nSPS) is 32.5. The number of aryl methyl sites for hydroxylation is 1. The lowest BCUT2D eigenvalue weighted by atomic mass is 9.82. The Morgan fingerprint density at radius 1 is 1.26 bits per heavy atom. The fraction of sp³-hybridized carbons (Fsp3) is 0.625. The molecule has 3 heteroatoms. The van der Waals surface area contributed by atoms with Crippen LogP contribution in [-0.2, 0) is 0 Å². The van der Waals surface area contributed by atoms with Gasteiger partial charge in [-0.25, -0.2) is 4.39 Å². The van der Waals surface area contributed by atoms with Gasteiger partial charge < -0.3 is 10.0 Å². The number of aliphatic hydroxyl groups excluding tert-OH is 1. The maximum absolute atomic E-state index is 13.4. The van der Waals surface area contributed by atoms with Crippen LogP contribution >= 0.6 is 0 Å². The first-order valence-electron chi connectivity index (χ1n) is 7.22. The summed E-state index contributed by atoms with van der Waals surface area (Å²) < 4.78 is 13.4.